The summed E-state index contributed by atoms with van der Waals surface area (Å²) in [7, 11) is 2.08. The molecule has 0 spiro atoms. The summed E-state index contributed by atoms with van der Waals surface area (Å²) < 4.78 is 7.32. The summed E-state index contributed by atoms with van der Waals surface area (Å²) in [5, 5.41) is 12.7. The van der Waals surface area contributed by atoms with E-state index >= 15 is 0 Å². The van der Waals surface area contributed by atoms with Gasteiger partial charge in [-0.3, -0.25) is 4.90 Å². The minimum atomic E-state index is 0. The Hall–Kier alpha value is -1.93. The number of aryl methyl sites for hydroxylation is 1. The van der Waals surface area contributed by atoms with E-state index in [1.165, 1.54) is 0 Å². The lowest BCUT2D eigenvalue weighted by atomic mass is 10.2. The molecule has 1 atom stereocenters. The Morgan fingerprint density at radius 3 is 2.59 bits per heavy atom. The van der Waals surface area contributed by atoms with Gasteiger partial charge in [-0.15, -0.1) is 12.4 Å². The molecule has 1 saturated heterocycles. The van der Waals surface area contributed by atoms with E-state index in [2.05, 4.69) is 32.5 Å². The van der Waals surface area contributed by atoms with Crippen LogP contribution in [-0.2, 0) is 0 Å². The summed E-state index contributed by atoms with van der Waals surface area (Å²) >= 11 is 6.24. The molecule has 1 aliphatic rings. The fraction of sp³-hybridized carbons (Fsp3) is 0.389. The lowest BCUT2D eigenvalue weighted by Crippen LogP contribution is -2.44. The number of benzene rings is 1. The molecule has 0 amide bonds. The van der Waals surface area contributed by atoms with Gasteiger partial charge in [0.15, 0.2) is 5.82 Å². The summed E-state index contributed by atoms with van der Waals surface area (Å²) in [6.45, 7) is 6.63. The van der Waals surface area contributed by atoms with E-state index in [1.807, 2.05) is 42.8 Å². The maximum atomic E-state index is 6.24. The number of halogens is 2. The van der Waals surface area contributed by atoms with E-state index in [9.17, 15) is 0 Å². The van der Waals surface area contributed by atoms with Crippen LogP contribution in [0.15, 0.2) is 28.8 Å². The number of likely N-dealkylation sites (N-methyl/N-ethyl adjacent to an activating group) is 1. The molecule has 4 rings (SSSR count). The Bertz CT molecular complexity index is 921. The molecular weight excluding hydrogens is 387 g/mol. The minimum Gasteiger partial charge on any atom is -0.334 e. The van der Waals surface area contributed by atoms with E-state index in [-0.39, 0.29) is 18.4 Å². The summed E-state index contributed by atoms with van der Waals surface area (Å²) in [5.41, 5.74) is 3.56. The largest absolute Gasteiger partial charge is 0.334 e. The SMILES string of the molecule is Cc1nn(-c2ccc(-c3nc(C4CNCCN4C)no3)cc2)c(C)c1Cl.Cl. The first-order valence-corrected chi connectivity index (χ1v) is 8.99. The fourth-order valence-electron chi connectivity index (χ4n) is 3.20. The van der Waals surface area contributed by atoms with E-state index in [0.29, 0.717) is 16.7 Å². The Labute approximate surface area is 169 Å². The minimum absolute atomic E-state index is 0. The first-order chi connectivity index (χ1) is 12.5. The Kier molecular flexibility index (Phi) is 5.86. The monoisotopic (exact) mass is 408 g/mol. The molecule has 2 aromatic heterocycles. The van der Waals surface area contributed by atoms with Crippen LogP contribution in [0.5, 0.6) is 0 Å². The number of hydrogen-bond donors (Lipinski definition) is 1. The van der Waals surface area contributed by atoms with Crippen LogP contribution in [0.3, 0.4) is 0 Å². The Morgan fingerprint density at radius 2 is 1.96 bits per heavy atom. The molecule has 27 heavy (non-hydrogen) atoms. The number of hydrogen-bond acceptors (Lipinski definition) is 6. The van der Waals surface area contributed by atoms with Gasteiger partial charge in [0, 0.05) is 25.2 Å². The van der Waals surface area contributed by atoms with Crippen molar-refractivity contribution in [3.05, 3.63) is 46.5 Å². The number of nitrogens with one attached hydrogen (secondary N) is 1. The van der Waals surface area contributed by atoms with Crippen LogP contribution in [0.25, 0.3) is 17.1 Å². The molecule has 1 aliphatic heterocycles. The average Bonchev–Trinajstić information content (AvgIpc) is 3.24. The van der Waals surface area contributed by atoms with Crippen molar-refractivity contribution in [3.8, 4) is 17.1 Å². The van der Waals surface area contributed by atoms with E-state index < -0.39 is 0 Å². The van der Waals surface area contributed by atoms with Crippen LogP contribution in [0.4, 0.5) is 0 Å². The van der Waals surface area contributed by atoms with Crippen LogP contribution < -0.4 is 5.32 Å². The summed E-state index contributed by atoms with van der Waals surface area (Å²) in [6, 6.07) is 8.00. The molecule has 1 aromatic carbocycles. The van der Waals surface area contributed by atoms with Crippen molar-refractivity contribution < 1.29 is 4.52 Å². The first-order valence-electron chi connectivity index (χ1n) is 8.61. The van der Waals surface area contributed by atoms with Crippen molar-refractivity contribution in [2.75, 3.05) is 26.7 Å². The van der Waals surface area contributed by atoms with E-state index in [4.69, 9.17) is 16.1 Å². The highest BCUT2D eigenvalue weighted by molar-refractivity contribution is 6.31. The summed E-state index contributed by atoms with van der Waals surface area (Å²) in [5.74, 6) is 1.24. The predicted octanol–water partition coefficient (Wildman–Crippen LogP) is 3.19. The maximum Gasteiger partial charge on any atom is 0.257 e. The Morgan fingerprint density at radius 1 is 1.22 bits per heavy atom. The highest BCUT2D eigenvalue weighted by Crippen LogP contribution is 2.26. The van der Waals surface area contributed by atoms with Gasteiger partial charge in [-0.1, -0.05) is 16.8 Å². The second-order valence-corrected chi connectivity index (χ2v) is 6.98. The van der Waals surface area contributed by atoms with Crippen molar-refractivity contribution in [1.82, 2.24) is 30.1 Å². The van der Waals surface area contributed by atoms with Gasteiger partial charge in [0.25, 0.3) is 5.89 Å². The molecule has 1 unspecified atom stereocenters. The van der Waals surface area contributed by atoms with Crippen LogP contribution in [-0.4, -0.2) is 51.5 Å². The predicted molar refractivity (Wildman–Crippen MR) is 107 cm³/mol. The normalized spacial score (nSPS) is 17.7. The lowest BCUT2D eigenvalue weighted by Gasteiger charge is -2.30. The molecule has 0 bridgehead atoms. The molecule has 9 heteroatoms. The molecule has 1 N–H and O–H groups in total. The zero-order valence-corrected chi connectivity index (χ0v) is 17.0. The highest BCUT2D eigenvalue weighted by Gasteiger charge is 2.25. The van der Waals surface area contributed by atoms with Crippen LogP contribution >= 0.6 is 24.0 Å². The van der Waals surface area contributed by atoms with Gasteiger partial charge in [0.1, 0.15) is 0 Å². The third kappa shape index (κ3) is 3.73. The van der Waals surface area contributed by atoms with Gasteiger partial charge in [0.2, 0.25) is 0 Å². The van der Waals surface area contributed by atoms with Gasteiger partial charge < -0.3 is 9.84 Å². The van der Waals surface area contributed by atoms with Crippen molar-refractivity contribution in [2.24, 2.45) is 0 Å². The summed E-state index contributed by atoms with van der Waals surface area (Å²) in [4.78, 5) is 6.83. The molecule has 3 aromatic rings. The Balaban J connectivity index is 0.00000210. The maximum absolute atomic E-state index is 6.24. The zero-order chi connectivity index (χ0) is 18.3. The van der Waals surface area contributed by atoms with Gasteiger partial charge >= 0.3 is 0 Å². The fourth-order valence-corrected chi connectivity index (χ4v) is 3.32. The molecule has 0 saturated carbocycles. The van der Waals surface area contributed by atoms with Gasteiger partial charge in [-0.25, -0.2) is 4.68 Å². The third-order valence-corrected chi connectivity index (χ3v) is 5.36. The second-order valence-electron chi connectivity index (χ2n) is 6.60. The molecular formula is C18H22Cl2N6O. The van der Waals surface area contributed by atoms with Crippen molar-refractivity contribution in [3.63, 3.8) is 0 Å². The average molecular weight is 409 g/mol. The van der Waals surface area contributed by atoms with Crippen LogP contribution in [0, 0.1) is 13.8 Å². The number of rotatable bonds is 3. The topological polar surface area (TPSA) is 72.0 Å². The molecule has 0 radical (unpaired) electrons. The van der Waals surface area contributed by atoms with Crippen molar-refractivity contribution in [2.45, 2.75) is 19.9 Å². The van der Waals surface area contributed by atoms with Crippen LogP contribution in [0.1, 0.15) is 23.3 Å². The molecule has 7 nitrogen and oxygen atoms in total. The van der Waals surface area contributed by atoms with Crippen molar-refractivity contribution >= 4 is 24.0 Å². The smallest absolute Gasteiger partial charge is 0.257 e. The standard InChI is InChI=1S/C18H21ClN6O.ClH/c1-11-16(19)12(2)25(22-11)14-6-4-13(5-7-14)18-21-17(23-26-18)15-10-20-8-9-24(15)3;/h4-7,15,20H,8-10H2,1-3H3;1H. The lowest BCUT2D eigenvalue weighted by molar-refractivity contribution is 0.190. The highest BCUT2D eigenvalue weighted by atomic mass is 35.5. The molecule has 144 valence electrons. The van der Waals surface area contributed by atoms with E-state index in [0.717, 1.165) is 42.3 Å². The van der Waals surface area contributed by atoms with Gasteiger partial charge in [0.05, 0.1) is 28.1 Å². The quantitative estimate of drug-likeness (QED) is 0.717. The zero-order valence-electron chi connectivity index (χ0n) is 15.4. The first kappa shape index (κ1) is 19.8. The second kappa shape index (κ2) is 7.98. The van der Waals surface area contributed by atoms with Gasteiger partial charge in [-0.05, 0) is 45.2 Å². The number of aromatic nitrogens is 4. The van der Waals surface area contributed by atoms with E-state index in [1.54, 1.807) is 0 Å². The molecule has 0 aliphatic carbocycles. The number of piperazine rings is 1. The molecule has 3 heterocycles. The van der Waals surface area contributed by atoms with Crippen molar-refractivity contribution in [1.29, 1.82) is 0 Å². The summed E-state index contributed by atoms with van der Waals surface area (Å²) in [6.07, 6.45) is 0. The van der Waals surface area contributed by atoms with Crippen LogP contribution in [0.2, 0.25) is 5.02 Å². The van der Waals surface area contributed by atoms with Gasteiger partial charge in [-0.2, -0.15) is 10.1 Å². The molecule has 1 fully saturated rings. The number of nitrogens with zero attached hydrogens (tertiary/aromatic N) is 5. The third-order valence-electron chi connectivity index (χ3n) is 4.81.